The second-order valence-corrected chi connectivity index (χ2v) is 7.24. The van der Waals surface area contributed by atoms with Gasteiger partial charge in [-0.1, -0.05) is 34.1 Å². The number of nitrogens with one attached hydrogen (secondary N) is 1. The Morgan fingerprint density at radius 3 is 2.25 bits per heavy atom. The maximum Gasteiger partial charge on any atom is 0.187 e. The third-order valence-electron chi connectivity index (χ3n) is 3.55. The zero-order valence-corrected chi connectivity index (χ0v) is 14.0. The molecule has 24 heavy (non-hydrogen) atoms. The molecule has 3 N–H and O–H groups in total. The highest BCUT2D eigenvalue weighted by Gasteiger charge is 2.17. The Kier molecular flexibility index (Phi) is 4.31. The second-order valence-electron chi connectivity index (χ2n) is 5.46. The SMILES string of the molecule is Cc1cc(NS(O)(O)c2ccc(-c3ccc(F)c(C)c3)cc2)no1. The van der Waals surface area contributed by atoms with E-state index in [2.05, 4.69) is 9.88 Å². The molecule has 0 atom stereocenters. The topological polar surface area (TPSA) is 78.5 Å². The van der Waals surface area contributed by atoms with Gasteiger partial charge in [-0.3, -0.25) is 13.8 Å². The lowest BCUT2D eigenvalue weighted by Gasteiger charge is -2.32. The lowest BCUT2D eigenvalue weighted by atomic mass is 10.0. The van der Waals surface area contributed by atoms with Gasteiger partial charge in [-0.15, -0.1) is 0 Å². The summed E-state index contributed by atoms with van der Waals surface area (Å²) in [4.78, 5) is 0.325. The first-order chi connectivity index (χ1) is 11.3. The Balaban J connectivity index is 1.83. The van der Waals surface area contributed by atoms with Crippen molar-refractivity contribution < 1.29 is 18.0 Å². The molecule has 0 bridgehead atoms. The average Bonchev–Trinajstić information content (AvgIpc) is 2.94. The molecular weight excluding hydrogens is 331 g/mol. The molecule has 0 spiro atoms. The minimum absolute atomic E-state index is 0.253. The minimum Gasteiger partial charge on any atom is -0.360 e. The number of halogens is 1. The Morgan fingerprint density at radius 1 is 1.00 bits per heavy atom. The van der Waals surface area contributed by atoms with Gasteiger partial charge in [-0.05, 0) is 54.8 Å². The first kappa shape index (κ1) is 16.5. The van der Waals surface area contributed by atoms with Crippen LogP contribution in [-0.4, -0.2) is 14.3 Å². The van der Waals surface area contributed by atoms with Crippen LogP contribution in [0.4, 0.5) is 10.2 Å². The normalized spacial score (nSPS) is 12.2. The van der Waals surface area contributed by atoms with Crippen LogP contribution >= 0.6 is 10.8 Å². The number of aromatic nitrogens is 1. The van der Waals surface area contributed by atoms with Crippen molar-refractivity contribution in [3.8, 4) is 11.1 Å². The van der Waals surface area contributed by atoms with Gasteiger partial charge in [0.1, 0.15) is 11.6 Å². The van der Waals surface area contributed by atoms with Crippen LogP contribution in [0.25, 0.3) is 11.1 Å². The maximum atomic E-state index is 13.4. The molecule has 5 nitrogen and oxygen atoms in total. The average molecular weight is 348 g/mol. The van der Waals surface area contributed by atoms with Gasteiger partial charge in [0.2, 0.25) is 0 Å². The predicted molar refractivity (Wildman–Crippen MR) is 92.6 cm³/mol. The van der Waals surface area contributed by atoms with Gasteiger partial charge < -0.3 is 4.52 Å². The van der Waals surface area contributed by atoms with Gasteiger partial charge in [0.05, 0.1) is 4.90 Å². The van der Waals surface area contributed by atoms with E-state index < -0.39 is 10.8 Å². The summed E-state index contributed by atoms with van der Waals surface area (Å²) in [7, 11) is -3.25. The summed E-state index contributed by atoms with van der Waals surface area (Å²) in [5, 5.41) is 3.69. The zero-order chi connectivity index (χ0) is 17.3. The highest BCUT2D eigenvalue weighted by molar-refractivity contribution is 8.25. The summed E-state index contributed by atoms with van der Waals surface area (Å²) in [5.41, 5.74) is 2.27. The molecule has 3 aromatic rings. The first-order valence-corrected chi connectivity index (χ1v) is 8.76. The minimum atomic E-state index is -3.25. The van der Waals surface area contributed by atoms with Gasteiger partial charge in [-0.2, -0.15) is 0 Å². The van der Waals surface area contributed by atoms with Crippen molar-refractivity contribution in [1.29, 1.82) is 0 Å². The number of nitrogens with zero attached hydrogens (tertiary/aromatic N) is 1. The molecule has 2 aromatic carbocycles. The van der Waals surface area contributed by atoms with Crippen LogP contribution in [-0.2, 0) is 0 Å². The largest absolute Gasteiger partial charge is 0.360 e. The van der Waals surface area contributed by atoms with E-state index in [-0.39, 0.29) is 11.6 Å². The Bertz CT molecular complexity index is 863. The molecule has 0 aliphatic rings. The zero-order valence-electron chi connectivity index (χ0n) is 13.2. The monoisotopic (exact) mass is 348 g/mol. The first-order valence-electron chi connectivity index (χ1n) is 7.21. The number of hydrogen-bond donors (Lipinski definition) is 3. The van der Waals surface area contributed by atoms with E-state index >= 15 is 0 Å². The molecule has 0 saturated carbocycles. The molecule has 7 heteroatoms. The molecule has 0 fully saturated rings. The van der Waals surface area contributed by atoms with E-state index in [1.54, 1.807) is 56.3 Å². The van der Waals surface area contributed by atoms with E-state index in [0.29, 0.717) is 16.2 Å². The summed E-state index contributed by atoms with van der Waals surface area (Å²) in [6, 6.07) is 13.2. The molecular formula is C17H17FN2O3S. The lowest BCUT2D eigenvalue weighted by molar-refractivity contribution is 0.399. The molecule has 0 aliphatic carbocycles. The highest BCUT2D eigenvalue weighted by Crippen LogP contribution is 2.47. The van der Waals surface area contributed by atoms with E-state index in [1.807, 2.05) is 0 Å². The fourth-order valence-corrected chi connectivity index (χ4v) is 3.30. The number of benzene rings is 2. The van der Waals surface area contributed by atoms with Crippen molar-refractivity contribution in [1.82, 2.24) is 5.16 Å². The van der Waals surface area contributed by atoms with Gasteiger partial charge >= 0.3 is 0 Å². The fourth-order valence-electron chi connectivity index (χ4n) is 2.28. The van der Waals surface area contributed by atoms with Gasteiger partial charge in [0.25, 0.3) is 0 Å². The summed E-state index contributed by atoms with van der Waals surface area (Å²) in [6.45, 7) is 3.41. The van der Waals surface area contributed by atoms with Crippen molar-refractivity contribution in [3.63, 3.8) is 0 Å². The third kappa shape index (κ3) is 3.43. The highest BCUT2D eigenvalue weighted by atomic mass is 32.3. The maximum absolute atomic E-state index is 13.4. The molecule has 0 radical (unpaired) electrons. The van der Waals surface area contributed by atoms with Crippen LogP contribution in [0.2, 0.25) is 0 Å². The molecule has 3 rings (SSSR count). The number of rotatable bonds is 4. The number of hydrogen-bond acceptors (Lipinski definition) is 5. The predicted octanol–water partition coefficient (Wildman–Crippen LogP) is 5.23. The third-order valence-corrected chi connectivity index (χ3v) is 4.97. The molecule has 0 aliphatic heterocycles. The summed E-state index contributed by atoms with van der Waals surface area (Å²) in [6.07, 6.45) is 0. The van der Waals surface area contributed by atoms with Crippen LogP contribution in [0.15, 0.2) is 57.9 Å². The molecule has 126 valence electrons. The molecule has 0 amide bonds. The number of aryl methyl sites for hydroxylation is 2. The second kappa shape index (κ2) is 6.27. The van der Waals surface area contributed by atoms with Crippen LogP contribution in [0, 0.1) is 19.7 Å². The van der Waals surface area contributed by atoms with Crippen molar-refractivity contribution >= 4 is 16.6 Å². The smallest absolute Gasteiger partial charge is 0.187 e. The summed E-state index contributed by atoms with van der Waals surface area (Å²) in [5.74, 6) is 0.567. The van der Waals surface area contributed by atoms with Crippen LogP contribution < -0.4 is 4.72 Å². The molecule has 0 saturated heterocycles. The van der Waals surface area contributed by atoms with Gasteiger partial charge in [0.15, 0.2) is 5.82 Å². The van der Waals surface area contributed by atoms with E-state index in [1.165, 1.54) is 6.07 Å². The summed E-state index contributed by atoms with van der Waals surface area (Å²) < 4.78 is 41.4. The molecule has 0 unspecified atom stereocenters. The Labute approximate surface area is 140 Å². The van der Waals surface area contributed by atoms with Gasteiger partial charge in [0, 0.05) is 6.07 Å². The number of anilines is 1. The van der Waals surface area contributed by atoms with Crippen molar-refractivity contribution in [2.45, 2.75) is 18.7 Å². The lowest BCUT2D eigenvalue weighted by Crippen LogP contribution is -2.09. The van der Waals surface area contributed by atoms with E-state index in [0.717, 1.165) is 11.1 Å². The van der Waals surface area contributed by atoms with Crippen molar-refractivity contribution in [3.05, 3.63) is 65.7 Å². The van der Waals surface area contributed by atoms with Crippen molar-refractivity contribution in [2.24, 2.45) is 0 Å². The van der Waals surface area contributed by atoms with Gasteiger partial charge in [-0.25, -0.2) is 4.39 Å². The van der Waals surface area contributed by atoms with E-state index in [9.17, 15) is 13.5 Å². The molecule has 1 aromatic heterocycles. The fraction of sp³-hybridized carbons (Fsp3) is 0.118. The Morgan fingerprint density at radius 2 is 1.67 bits per heavy atom. The molecule has 1 heterocycles. The van der Waals surface area contributed by atoms with Crippen LogP contribution in [0.3, 0.4) is 0 Å². The van der Waals surface area contributed by atoms with Crippen molar-refractivity contribution in [2.75, 3.05) is 4.72 Å². The van der Waals surface area contributed by atoms with Crippen LogP contribution in [0.1, 0.15) is 11.3 Å². The van der Waals surface area contributed by atoms with E-state index in [4.69, 9.17) is 4.52 Å². The quantitative estimate of drug-likeness (QED) is 0.601. The van der Waals surface area contributed by atoms with Crippen LogP contribution in [0.5, 0.6) is 0 Å². The standard InChI is InChI=1S/C17H17FN2O3S/c1-11-9-14(5-8-16(11)18)13-3-6-15(7-4-13)24(21,22)20-17-10-12(2)23-19-17/h3-10,21-22H,1-2H3,(H,19,20). The summed E-state index contributed by atoms with van der Waals surface area (Å²) >= 11 is 0. The Hall–Kier alpha value is -2.35.